The number of ether oxygens (including phenoxy) is 1. The Morgan fingerprint density at radius 3 is 2.74 bits per heavy atom. The normalized spacial score (nSPS) is 22.3. The third-order valence-corrected chi connectivity index (χ3v) is 7.39. The maximum atomic E-state index is 11.2. The minimum absolute atomic E-state index is 0.00621. The van der Waals surface area contributed by atoms with Crippen LogP contribution in [-0.4, -0.2) is 31.3 Å². The van der Waals surface area contributed by atoms with Crippen molar-refractivity contribution in [2.24, 2.45) is 5.92 Å². The van der Waals surface area contributed by atoms with Crippen molar-refractivity contribution >= 4 is 5.57 Å². The molecule has 0 radical (unpaired) electrons. The Balaban J connectivity index is 1.66. The third-order valence-electron chi connectivity index (χ3n) is 7.39. The number of rotatable bonds is 7. The fraction of sp³-hybridized carbons (Fsp3) is 0.640. The van der Waals surface area contributed by atoms with Gasteiger partial charge in [-0.15, -0.1) is 5.10 Å². The largest absolute Gasteiger partial charge is 0.508 e. The quantitative estimate of drug-likeness (QED) is 0.541. The van der Waals surface area contributed by atoms with Crippen molar-refractivity contribution in [2.75, 3.05) is 0 Å². The molecule has 0 spiro atoms. The number of phenols is 1. The van der Waals surface area contributed by atoms with Crippen LogP contribution in [0.25, 0.3) is 5.57 Å². The van der Waals surface area contributed by atoms with Gasteiger partial charge < -0.3 is 9.84 Å². The van der Waals surface area contributed by atoms with Gasteiger partial charge in [0.05, 0.1) is 0 Å². The van der Waals surface area contributed by atoms with Crippen LogP contribution in [0.4, 0.5) is 0 Å². The lowest BCUT2D eigenvalue weighted by Crippen LogP contribution is -2.45. The highest BCUT2D eigenvalue weighted by atomic mass is 16.5. The number of hydrogen-bond acceptors (Lipinski definition) is 5. The van der Waals surface area contributed by atoms with Gasteiger partial charge in [-0.05, 0) is 72.2 Å². The van der Waals surface area contributed by atoms with Gasteiger partial charge in [-0.2, -0.15) is 0 Å². The number of nitrogens with zero attached hydrogens (tertiary/aromatic N) is 3. The minimum Gasteiger partial charge on any atom is -0.508 e. The van der Waals surface area contributed by atoms with E-state index in [2.05, 4.69) is 67.4 Å². The highest BCUT2D eigenvalue weighted by molar-refractivity contribution is 5.64. The maximum Gasteiger partial charge on any atom is 0.175 e. The van der Waals surface area contributed by atoms with Gasteiger partial charge in [0.15, 0.2) is 5.82 Å². The van der Waals surface area contributed by atoms with E-state index in [0.29, 0.717) is 17.5 Å². The van der Waals surface area contributed by atoms with Gasteiger partial charge in [-0.1, -0.05) is 52.5 Å². The molecule has 1 aromatic carbocycles. The molecule has 1 aromatic heterocycles. The van der Waals surface area contributed by atoms with Crippen LogP contribution in [0.2, 0.25) is 0 Å². The zero-order valence-electron chi connectivity index (χ0n) is 19.5. The molecule has 168 valence electrons. The lowest BCUT2D eigenvalue weighted by molar-refractivity contribution is 0.00906. The molecular formula is C25H36N4O2. The third kappa shape index (κ3) is 4.21. The number of unbranched alkanes of at least 4 members (excludes halogenated alkanes) is 3. The van der Waals surface area contributed by atoms with Crippen LogP contribution in [0.1, 0.15) is 102 Å². The number of aromatic amines is 1. The second kappa shape index (κ2) is 8.29. The first-order valence-electron chi connectivity index (χ1n) is 11.7. The van der Waals surface area contributed by atoms with Crippen molar-refractivity contribution in [3.8, 4) is 11.5 Å². The van der Waals surface area contributed by atoms with E-state index in [-0.39, 0.29) is 16.9 Å². The van der Waals surface area contributed by atoms with Crippen molar-refractivity contribution < 1.29 is 9.84 Å². The fourth-order valence-electron chi connectivity index (χ4n) is 5.41. The Labute approximate surface area is 185 Å². The van der Waals surface area contributed by atoms with Crippen LogP contribution >= 0.6 is 0 Å². The van der Waals surface area contributed by atoms with E-state index >= 15 is 0 Å². The zero-order valence-corrected chi connectivity index (χ0v) is 19.5. The molecular weight excluding hydrogens is 388 g/mol. The Hall–Kier alpha value is -2.37. The molecule has 2 aromatic rings. The summed E-state index contributed by atoms with van der Waals surface area (Å²) in [4.78, 5) is 0. The molecule has 4 rings (SSSR count). The van der Waals surface area contributed by atoms with Crippen LogP contribution in [0.3, 0.4) is 0 Å². The molecule has 2 aliphatic rings. The molecule has 0 unspecified atom stereocenters. The van der Waals surface area contributed by atoms with Crippen LogP contribution in [0.5, 0.6) is 11.5 Å². The van der Waals surface area contributed by atoms with Crippen LogP contribution in [0.15, 0.2) is 18.2 Å². The molecule has 0 fully saturated rings. The molecule has 2 atom stereocenters. The first kappa shape index (κ1) is 21.8. The minimum atomic E-state index is -0.310. The summed E-state index contributed by atoms with van der Waals surface area (Å²) in [6.07, 6.45) is 9.96. The lowest BCUT2D eigenvalue weighted by atomic mass is 9.66. The summed E-state index contributed by atoms with van der Waals surface area (Å²) < 4.78 is 6.54. The first-order valence-corrected chi connectivity index (χ1v) is 11.7. The predicted molar refractivity (Wildman–Crippen MR) is 122 cm³/mol. The molecule has 31 heavy (non-hydrogen) atoms. The van der Waals surface area contributed by atoms with Crippen molar-refractivity contribution in [1.29, 1.82) is 0 Å². The second-order valence-electron chi connectivity index (χ2n) is 10.4. The second-order valence-corrected chi connectivity index (χ2v) is 10.4. The highest BCUT2D eigenvalue weighted by Gasteiger charge is 2.46. The number of tetrazole rings is 1. The van der Waals surface area contributed by atoms with Crippen LogP contribution < -0.4 is 4.74 Å². The summed E-state index contributed by atoms with van der Waals surface area (Å²) in [5.41, 5.74) is 2.88. The van der Waals surface area contributed by atoms with Crippen LogP contribution in [0, 0.1) is 5.92 Å². The van der Waals surface area contributed by atoms with E-state index in [1.165, 1.54) is 25.7 Å². The van der Waals surface area contributed by atoms with Gasteiger partial charge >= 0.3 is 0 Å². The molecule has 2 N–H and O–H groups in total. The summed E-state index contributed by atoms with van der Waals surface area (Å²) in [6.45, 7) is 11.1. The van der Waals surface area contributed by atoms with Gasteiger partial charge in [0.25, 0.3) is 0 Å². The number of aromatic nitrogens is 4. The Bertz CT molecular complexity index is 947. The van der Waals surface area contributed by atoms with Gasteiger partial charge in [0.2, 0.25) is 0 Å². The van der Waals surface area contributed by atoms with Gasteiger partial charge in [0, 0.05) is 17.4 Å². The number of nitrogens with one attached hydrogen (secondary N) is 1. The molecule has 0 amide bonds. The molecule has 0 bridgehead atoms. The van der Waals surface area contributed by atoms with E-state index in [4.69, 9.17) is 4.74 Å². The van der Waals surface area contributed by atoms with E-state index in [0.717, 1.165) is 41.7 Å². The monoisotopic (exact) mass is 424 g/mol. The van der Waals surface area contributed by atoms with E-state index in [9.17, 15) is 5.11 Å². The average Bonchev–Trinajstić information content (AvgIpc) is 3.25. The van der Waals surface area contributed by atoms with Crippen molar-refractivity contribution in [3.05, 3.63) is 35.2 Å². The average molecular weight is 425 g/mol. The summed E-state index contributed by atoms with van der Waals surface area (Å²) in [5.74, 6) is 2.37. The number of aromatic hydroxyl groups is 1. The number of hydrogen-bond donors (Lipinski definition) is 2. The van der Waals surface area contributed by atoms with Crippen molar-refractivity contribution in [3.63, 3.8) is 0 Å². The van der Waals surface area contributed by atoms with Crippen molar-refractivity contribution in [1.82, 2.24) is 20.6 Å². The number of fused-ring (bicyclic) bond motifs is 3. The Morgan fingerprint density at radius 1 is 1.23 bits per heavy atom. The molecule has 6 heteroatoms. The van der Waals surface area contributed by atoms with Crippen LogP contribution in [-0.2, 0) is 5.41 Å². The summed E-state index contributed by atoms with van der Waals surface area (Å²) in [7, 11) is 0. The topological polar surface area (TPSA) is 83.9 Å². The van der Waals surface area contributed by atoms with E-state index < -0.39 is 0 Å². The fourth-order valence-corrected chi connectivity index (χ4v) is 5.41. The first-order chi connectivity index (χ1) is 14.7. The number of H-pyrrole nitrogens is 1. The van der Waals surface area contributed by atoms with Gasteiger partial charge in [-0.25, -0.2) is 5.10 Å². The Morgan fingerprint density at radius 2 is 2.03 bits per heavy atom. The Kier molecular flexibility index (Phi) is 5.84. The van der Waals surface area contributed by atoms with Gasteiger partial charge in [0.1, 0.15) is 17.1 Å². The molecule has 2 heterocycles. The maximum absolute atomic E-state index is 11.2. The number of allylic oxidation sites excluding steroid dienone is 2. The lowest BCUT2D eigenvalue weighted by Gasteiger charge is -2.47. The number of benzene rings is 1. The molecule has 6 nitrogen and oxygen atoms in total. The summed E-state index contributed by atoms with van der Waals surface area (Å²) >= 11 is 0. The highest BCUT2D eigenvalue weighted by Crippen LogP contribution is 2.55. The molecule has 1 aliphatic carbocycles. The zero-order chi connectivity index (χ0) is 22.2. The molecule has 1 aliphatic heterocycles. The smallest absolute Gasteiger partial charge is 0.175 e. The SMILES string of the molecule is CCCCCCC(C)(C)c1cc(O)c2c(c1)OC(C)(C)[C@@H]1CC=C(c3nnn[nH]3)C[C@@H]21. The number of phenolic OH excluding ortho intramolecular Hbond substituents is 1. The van der Waals surface area contributed by atoms with Gasteiger partial charge in [-0.3, -0.25) is 0 Å². The van der Waals surface area contributed by atoms with E-state index in [1.54, 1.807) is 0 Å². The molecule has 0 saturated heterocycles. The molecule has 0 saturated carbocycles. The van der Waals surface area contributed by atoms with E-state index in [1.807, 2.05) is 6.07 Å². The predicted octanol–water partition coefficient (Wildman–Crippen LogP) is 5.90. The van der Waals surface area contributed by atoms with Crippen molar-refractivity contribution in [2.45, 2.75) is 96.5 Å². The summed E-state index contributed by atoms with van der Waals surface area (Å²) in [6, 6.07) is 4.16. The summed E-state index contributed by atoms with van der Waals surface area (Å²) in [5, 5.41) is 25.6. The standard InChI is InChI=1S/C25H36N4O2/c1-6-7-8-9-12-24(2,3)17-14-20(30)22-18-13-16(23-26-28-29-27-23)10-11-19(18)25(4,5)31-21(22)15-17/h10,14-15,18-19,30H,6-9,11-13H2,1-5H3,(H,26,27,28,29)/t18-,19-/m1/s1.